The van der Waals surface area contributed by atoms with Crippen LogP contribution in [0.15, 0.2) is 12.3 Å². The zero-order valence-corrected chi connectivity index (χ0v) is 8.97. The number of carbonyl (C=O) groups excluding carboxylic acids is 1. The van der Waals surface area contributed by atoms with Crippen LogP contribution < -0.4 is 11.1 Å². The maximum Gasteiger partial charge on any atom is 0.287 e. The van der Waals surface area contributed by atoms with E-state index in [1.165, 1.54) is 16.8 Å². The van der Waals surface area contributed by atoms with Gasteiger partial charge in [0.25, 0.3) is 11.6 Å². The molecule has 0 aliphatic rings. The quantitative estimate of drug-likeness (QED) is 0.419. The third-order valence-electron chi connectivity index (χ3n) is 2.10. The van der Waals surface area contributed by atoms with Crippen LogP contribution in [-0.4, -0.2) is 28.5 Å². The minimum absolute atomic E-state index is 0.0912. The smallest absolute Gasteiger partial charge is 0.287 e. The fourth-order valence-electron chi connectivity index (χ4n) is 1.27. The van der Waals surface area contributed by atoms with Crippen molar-refractivity contribution in [1.82, 2.24) is 9.88 Å². The molecule has 1 amide bonds. The second kappa shape index (κ2) is 5.26. The number of rotatable bonds is 5. The van der Waals surface area contributed by atoms with Gasteiger partial charge in [-0.1, -0.05) is 0 Å². The topological polar surface area (TPSA) is 103 Å². The number of aryl methyl sites for hydroxylation is 1. The lowest BCUT2D eigenvalue weighted by Gasteiger charge is -2.03. The van der Waals surface area contributed by atoms with Crippen LogP contribution in [0.4, 0.5) is 5.69 Å². The minimum Gasteiger partial charge on any atom is -0.351 e. The van der Waals surface area contributed by atoms with Crippen molar-refractivity contribution in [2.75, 3.05) is 13.1 Å². The van der Waals surface area contributed by atoms with Crippen molar-refractivity contribution in [3.63, 3.8) is 0 Å². The van der Waals surface area contributed by atoms with E-state index in [1.54, 1.807) is 7.05 Å². The SMILES string of the molecule is Cn1cc([N+](=O)[O-])cc1C(=O)NCCCN. The number of nitrogens with one attached hydrogen (secondary N) is 1. The van der Waals surface area contributed by atoms with Gasteiger partial charge in [-0.3, -0.25) is 14.9 Å². The van der Waals surface area contributed by atoms with Crippen LogP contribution >= 0.6 is 0 Å². The number of amides is 1. The molecule has 1 heterocycles. The van der Waals surface area contributed by atoms with E-state index in [0.29, 0.717) is 19.5 Å². The monoisotopic (exact) mass is 226 g/mol. The van der Waals surface area contributed by atoms with Crippen molar-refractivity contribution in [1.29, 1.82) is 0 Å². The molecule has 0 aliphatic carbocycles. The molecule has 0 fully saturated rings. The Labute approximate surface area is 92.4 Å². The van der Waals surface area contributed by atoms with E-state index >= 15 is 0 Å². The summed E-state index contributed by atoms with van der Waals surface area (Å²) in [5.74, 6) is -0.330. The lowest BCUT2D eigenvalue weighted by atomic mass is 10.3. The molecule has 0 aliphatic heterocycles. The predicted molar refractivity (Wildman–Crippen MR) is 58.1 cm³/mol. The van der Waals surface area contributed by atoms with Gasteiger partial charge in [0.15, 0.2) is 0 Å². The molecule has 7 heteroatoms. The number of aromatic nitrogens is 1. The molecule has 7 nitrogen and oxygen atoms in total. The van der Waals surface area contributed by atoms with Crippen LogP contribution in [0.5, 0.6) is 0 Å². The van der Waals surface area contributed by atoms with Gasteiger partial charge in [0, 0.05) is 19.7 Å². The Bertz CT molecular complexity index is 399. The van der Waals surface area contributed by atoms with Gasteiger partial charge in [0.1, 0.15) is 5.69 Å². The Morgan fingerprint density at radius 2 is 2.38 bits per heavy atom. The van der Waals surface area contributed by atoms with E-state index in [1.807, 2.05) is 0 Å². The van der Waals surface area contributed by atoms with Crippen LogP contribution in [0.3, 0.4) is 0 Å². The molecule has 16 heavy (non-hydrogen) atoms. The average Bonchev–Trinajstić information content (AvgIpc) is 2.61. The maximum absolute atomic E-state index is 11.6. The largest absolute Gasteiger partial charge is 0.351 e. The molecule has 1 rings (SSSR count). The maximum atomic E-state index is 11.6. The third-order valence-corrected chi connectivity index (χ3v) is 2.10. The normalized spacial score (nSPS) is 10.1. The van der Waals surface area contributed by atoms with E-state index < -0.39 is 4.92 Å². The number of nitrogens with zero attached hydrogens (tertiary/aromatic N) is 2. The van der Waals surface area contributed by atoms with Crippen LogP contribution in [0.2, 0.25) is 0 Å². The highest BCUT2D eigenvalue weighted by atomic mass is 16.6. The standard InChI is InChI=1S/C9H14N4O3/c1-12-6-7(13(15)16)5-8(12)9(14)11-4-2-3-10/h5-6H,2-4,10H2,1H3,(H,11,14). The van der Waals surface area contributed by atoms with Crippen LogP contribution in [0.1, 0.15) is 16.9 Å². The van der Waals surface area contributed by atoms with Crippen LogP contribution in [-0.2, 0) is 7.05 Å². The van der Waals surface area contributed by atoms with Gasteiger partial charge in [-0.25, -0.2) is 0 Å². The summed E-state index contributed by atoms with van der Waals surface area (Å²) < 4.78 is 1.43. The molecular weight excluding hydrogens is 212 g/mol. The molecule has 1 aromatic rings. The molecule has 0 spiro atoms. The molecule has 3 N–H and O–H groups in total. The van der Waals surface area contributed by atoms with Crippen LogP contribution in [0, 0.1) is 10.1 Å². The molecular formula is C9H14N4O3. The zero-order chi connectivity index (χ0) is 12.1. The van der Waals surface area contributed by atoms with Gasteiger partial charge in [-0.2, -0.15) is 0 Å². The van der Waals surface area contributed by atoms with E-state index in [0.717, 1.165) is 0 Å². The van der Waals surface area contributed by atoms with Crippen molar-refractivity contribution in [3.05, 3.63) is 28.1 Å². The summed E-state index contributed by atoms with van der Waals surface area (Å²) >= 11 is 0. The molecule has 0 radical (unpaired) electrons. The Morgan fingerprint density at radius 1 is 1.69 bits per heavy atom. The summed E-state index contributed by atoms with van der Waals surface area (Å²) in [4.78, 5) is 21.5. The summed E-state index contributed by atoms with van der Waals surface area (Å²) in [5.41, 5.74) is 5.46. The second-order valence-electron chi connectivity index (χ2n) is 3.35. The first-order chi connectivity index (χ1) is 7.56. The summed E-state index contributed by atoms with van der Waals surface area (Å²) in [7, 11) is 1.59. The highest BCUT2D eigenvalue weighted by molar-refractivity contribution is 5.93. The Hall–Kier alpha value is -1.89. The fourth-order valence-corrected chi connectivity index (χ4v) is 1.27. The van der Waals surface area contributed by atoms with Crippen molar-refractivity contribution >= 4 is 11.6 Å². The van der Waals surface area contributed by atoms with Gasteiger partial charge in [0.2, 0.25) is 0 Å². The van der Waals surface area contributed by atoms with Crippen molar-refractivity contribution < 1.29 is 9.72 Å². The number of hydrogen-bond acceptors (Lipinski definition) is 4. The summed E-state index contributed by atoms with van der Waals surface area (Å²) in [5, 5.41) is 13.1. The molecule has 88 valence electrons. The number of carbonyl (C=O) groups is 1. The average molecular weight is 226 g/mol. The highest BCUT2D eigenvalue weighted by Crippen LogP contribution is 2.14. The van der Waals surface area contributed by atoms with Gasteiger partial charge in [-0.05, 0) is 13.0 Å². The van der Waals surface area contributed by atoms with E-state index in [9.17, 15) is 14.9 Å². The first-order valence-corrected chi connectivity index (χ1v) is 4.85. The first-order valence-electron chi connectivity index (χ1n) is 4.85. The Morgan fingerprint density at radius 3 is 2.88 bits per heavy atom. The Balaban J connectivity index is 2.71. The fraction of sp³-hybridized carbons (Fsp3) is 0.444. The molecule has 0 aromatic carbocycles. The van der Waals surface area contributed by atoms with Crippen molar-refractivity contribution in [3.8, 4) is 0 Å². The molecule has 0 saturated carbocycles. The predicted octanol–water partition coefficient (Wildman–Crippen LogP) is 0.0119. The van der Waals surface area contributed by atoms with Crippen molar-refractivity contribution in [2.24, 2.45) is 12.8 Å². The molecule has 0 saturated heterocycles. The number of nitrogens with two attached hydrogens (primary N) is 1. The first kappa shape index (κ1) is 12.2. The second-order valence-corrected chi connectivity index (χ2v) is 3.35. The summed E-state index contributed by atoms with van der Waals surface area (Å²) in [6, 6.07) is 1.25. The molecule has 0 unspecified atom stereocenters. The van der Waals surface area contributed by atoms with E-state index in [2.05, 4.69) is 5.32 Å². The lowest BCUT2D eigenvalue weighted by Crippen LogP contribution is -2.27. The molecule has 0 atom stereocenters. The van der Waals surface area contributed by atoms with E-state index in [4.69, 9.17) is 5.73 Å². The van der Waals surface area contributed by atoms with Gasteiger partial charge >= 0.3 is 0 Å². The third kappa shape index (κ3) is 2.80. The number of hydrogen-bond donors (Lipinski definition) is 2. The van der Waals surface area contributed by atoms with Gasteiger partial charge in [0.05, 0.1) is 11.1 Å². The lowest BCUT2D eigenvalue weighted by molar-refractivity contribution is -0.384. The zero-order valence-electron chi connectivity index (χ0n) is 8.97. The molecule has 0 bridgehead atoms. The van der Waals surface area contributed by atoms with E-state index in [-0.39, 0.29) is 17.3 Å². The molecule has 1 aromatic heterocycles. The highest BCUT2D eigenvalue weighted by Gasteiger charge is 2.16. The van der Waals surface area contributed by atoms with Gasteiger partial charge < -0.3 is 15.6 Å². The van der Waals surface area contributed by atoms with Gasteiger partial charge in [-0.15, -0.1) is 0 Å². The summed E-state index contributed by atoms with van der Waals surface area (Å²) in [6.07, 6.45) is 1.98. The van der Waals surface area contributed by atoms with Crippen LogP contribution in [0.25, 0.3) is 0 Å². The van der Waals surface area contributed by atoms with Crippen molar-refractivity contribution in [2.45, 2.75) is 6.42 Å². The minimum atomic E-state index is -0.531. The number of nitro groups is 1. The Kier molecular flexibility index (Phi) is 4.01. The summed E-state index contributed by atoms with van der Waals surface area (Å²) in [6.45, 7) is 0.960.